The van der Waals surface area contributed by atoms with Gasteiger partial charge in [0.15, 0.2) is 0 Å². The van der Waals surface area contributed by atoms with Crippen LogP contribution in [0.2, 0.25) is 0 Å². The van der Waals surface area contributed by atoms with Crippen LogP contribution < -0.4 is 5.32 Å². The van der Waals surface area contributed by atoms with Crippen molar-refractivity contribution in [2.75, 3.05) is 6.54 Å². The fourth-order valence-corrected chi connectivity index (χ4v) is 2.63. The second-order valence-corrected chi connectivity index (χ2v) is 5.82. The molecule has 2 heteroatoms. The minimum atomic E-state index is 0.507. The summed E-state index contributed by atoms with van der Waals surface area (Å²) in [5.41, 5.74) is 1.45. The first kappa shape index (κ1) is 14.0. The van der Waals surface area contributed by atoms with Crippen molar-refractivity contribution in [3.63, 3.8) is 0 Å². The Hall–Kier alpha value is -0.0900. The Morgan fingerprint density at radius 3 is 2.50 bits per heavy atom. The van der Waals surface area contributed by atoms with Crippen molar-refractivity contribution in [1.29, 1.82) is 0 Å². The zero-order valence-corrected chi connectivity index (χ0v) is 12.6. The number of nitrogens with one attached hydrogen (secondary N) is 1. The fourth-order valence-electron chi connectivity index (χ4n) is 1.87. The van der Waals surface area contributed by atoms with Gasteiger partial charge in [-0.2, -0.15) is 0 Å². The van der Waals surface area contributed by atoms with Gasteiger partial charge in [0, 0.05) is 9.61 Å². The van der Waals surface area contributed by atoms with Crippen molar-refractivity contribution in [2.45, 2.75) is 39.7 Å². The third-order valence-electron chi connectivity index (χ3n) is 2.63. The molecule has 0 radical (unpaired) electrons. The van der Waals surface area contributed by atoms with E-state index >= 15 is 0 Å². The van der Waals surface area contributed by atoms with Crippen LogP contribution in [-0.4, -0.2) is 6.54 Å². The highest BCUT2D eigenvalue weighted by atomic mass is 127. The average molecular weight is 331 g/mol. The number of benzene rings is 1. The van der Waals surface area contributed by atoms with E-state index in [2.05, 4.69) is 72.9 Å². The molecule has 0 aromatic heterocycles. The van der Waals surface area contributed by atoms with Gasteiger partial charge in [-0.25, -0.2) is 0 Å². The summed E-state index contributed by atoms with van der Waals surface area (Å²) in [7, 11) is 0. The first-order valence-corrected chi connectivity index (χ1v) is 7.20. The zero-order valence-electron chi connectivity index (χ0n) is 10.5. The van der Waals surface area contributed by atoms with Crippen molar-refractivity contribution in [2.24, 2.45) is 5.92 Å². The Labute approximate surface area is 113 Å². The maximum Gasteiger partial charge on any atom is 0.0333 e. The molecule has 0 aliphatic carbocycles. The van der Waals surface area contributed by atoms with Gasteiger partial charge in [-0.05, 0) is 59.5 Å². The Morgan fingerprint density at radius 1 is 1.25 bits per heavy atom. The molecule has 1 N–H and O–H groups in total. The van der Waals surface area contributed by atoms with Gasteiger partial charge in [-0.3, -0.25) is 0 Å². The first-order valence-electron chi connectivity index (χ1n) is 6.13. The van der Waals surface area contributed by atoms with Gasteiger partial charge in [0.25, 0.3) is 0 Å². The van der Waals surface area contributed by atoms with E-state index < -0.39 is 0 Å². The molecule has 0 saturated heterocycles. The summed E-state index contributed by atoms with van der Waals surface area (Å²) in [5.74, 6) is 0.727. The molecular weight excluding hydrogens is 309 g/mol. The summed E-state index contributed by atoms with van der Waals surface area (Å²) in [5, 5.41) is 3.65. The second-order valence-electron chi connectivity index (χ2n) is 4.66. The zero-order chi connectivity index (χ0) is 12.0. The monoisotopic (exact) mass is 331 g/mol. The largest absolute Gasteiger partial charge is 0.310 e. The highest BCUT2D eigenvalue weighted by molar-refractivity contribution is 14.1. The van der Waals surface area contributed by atoms with Crippen molar-refractivity contribution in [1.82, 2.24) is 5.32 Å². The van der Waals surface area contributed by atoms with Crippen LogP contribution in [0.5, 0.6) is 0 Å². The molecule has 0 spiro atoms. The van der Waals surface area contributed by atoms with Crippen LogP contribution in [0.15, 0.2) is 24.3 Å². The molecule has 0 bridgehead atoms. The molecule has 1 aromatic rings. The van der Waals surface area contributed by atoms with Crippen LogP contribution >= 0.6 is 22.6 Å². The molecule has 0 aliphatic heterocycles. The molecule has 0 saturated carbocycles. The number of halogens is 1. The smallest absolute Gasteiger partial charge is 0.0333 e. The Morgan fingerprint density at radius 2 is 1.94 bits per heavy atom. The van der Waals surface area contributed by atoms with E-state index in [9.17, 15) is 0 Å². The van der Waals surface area contributed by atoms with E-state index in [1.807, 2.05) is 0 Å². The summed E-state index contributed by atoms with van der Waals surface area (Å²) >= 11 is 2.43. The number of hydrogen-bond acceptors (Lipinski definition) is 1. The molecule has 1 unspecified atom stereocenters. The van der Waals surface area contributed by atoms with Crippen molar-refractivity contribution in [3.8, 4) is 0 Å². The third-order valence-corrected chi connectivity index (χ3v) is 3.61. The molecule has 1 nitrogen and oxygen atoms in total. The minimum absolute atomic E-state index is 0.507. The highest BCUT2D eigenvalue weighted by Crippen LogP contribution is 2.25. The first-order chi connectivity index (χ1) is 7.65. The van der Waals surface area contributed by atoms with Gasteiger partial charge in [-0.15, -0.1) is 0 Å². The van der Waals surface area contributed by atoms with Gasteiger partial charge in [-0.1, -0.05) is 39.0 Å². The lowest BCUT2D eigenvalue weighted by Crippen LogP contribution is -2.24. The fraction of sp³-hybridized carbons (Fsp3) is 0.571. The topological polar surface area (TPSA) is 12.0 Å². The van der Waals surface area contributed by atoms with Gasteiger partial charge < -0.3 is 5.32 Å². The van der Waals surface area contributed by atoms with Crippen LogP contribution in [0.1, 0.15) is 45.2 Å². The van der Waals surface area contributed by atoms with Crippen LogP contribution in [0, 0.1) is 9.49 Å². The molecule has 0 amide bonds. The van der Waals surface area contributed by atoms with Crippen molar-refractivity contribution >= 4 is 22.6 Å². The summed E-state index contributed by atoms with van der Waals surface area (Å²) < 4.78 is 1.37. The Balaban J connectivity index is 2.78. The van der Waals surface area contributed by atoms with Gasteiger partial charge in [0.1, 0.15) is 0 Å². The van der Waals surface area contributed by atoms with Crippen LogP contribution in [0.3, 0.4) is 0 Å². The van der Waals surface area contributed by atoms with E-state index in [1.165, 1.54) is 22.0 Å². The van der Waals surface area contributed by atoms with Crippen LogP contribution in [0.25, 0.3) is 0 Å². The summed E-state index contributed by atoms with van der Waals surface area (Å²) in [6, 6.07) is 9.19. The van der Waals surface area contributed by atoms with E-state index in [0.29, 0.717) is 6.04 Å². The van der Waals surface area contributed by atoms with E-state index in [4.69, 9.17) is 0 Å². The van der Waals surface area contributed by atoms with Crippen LogP contribution in [-0.2, 0) is 0 Å². The molecule has 0 heterocycles. The maximum absolute atomic E-state index is 3.65. The predicted molar refractivity (Wildman–Crippen MR) is 79.6 cm³/mol. The maximum atomic E-state index is 3.65. The Bertz CT molecular complexity index is 309. The molecule has 16 heavy (non-hydrogen) atoms. The normalized spacial score (nSPS) is 13.1. The lowest BCUT2D eigenvalue weighted by Gasteiger charge is -2.22. The summed E-state index contributed by atoms with van der Waals surface area (Å²) in [4.78, 5) is 0. The molecule has 90 valence electrons. The highest BCUT2D eigenvalue weighted by Gasteiger charge is 2.14. The molecule has 1 rings (SSSR count). The molecular formula is C14H22IN. The van der Waals surface area contributed by atoms with Crippen LogP contribution in [0.4, 0.5) is 0 Å². The lowest BCUT2D eigenvalue weighted by molar-refractivity contribution is 0.429. The van der Waals surface area contributed by atoms with Crippen molar-refractivity contribution in [3.05, 3.63) is 33.4 Å². The Kier molecular flexibility index (Phi) is 6.36. The van der Waals surface area contributed by atoms with Crippen molar-refractivity contribution < 1.29 is 0 Å². The number of rotatable bonds is 6. The minimum Gasteiger partial charge on any atom is -0.310 e. The SMILES string of the molecule is CCCNC(CC(C)C)c1ccccc1I. The van der Waals surface area contributed by atoms with E-state index in [0.717, 1.165) is 12.5 Å². The van der Waals surface area contributed by atoms with Gasteiger partial charge >= 0.3 is 0 Å². The van der Waals surface area contributed by atoms with Gasteiger partial charge in [0.05, 0.1) is 0 Å². The predicted octanol–water partition coefficient (Wildman–Crippen LogP) is 4.38. The van der Waals surface area contributed by atoms with E-state index in [-0.39, 0.29) is 0 Å². The third kappa shape index (κ3) is 4.42. The van der Waals surface area contributed by atoms with Gasteiger partial charge in [0.2, 0.25) is 0 Å². The second kappa shape index (κ2) is 7.28. The molecule has 0 aliphatic rings. The quantitative estimate of drug-likeness (QED) is 0.763. The summed E-state index contributed by atoms with van der Waals surface area (Å²) in [6.07, 6.45) is 2.40. The summed E-state index contributed by atoms with van der Waals surface area (Å²) in [6.45, 7) is 7.89. The molecule has 1 aromatic carbocycles. The molecule has 0 fully saturated rings. The lowest BCUT2D eigenvalue weighted by atomic mass is 9.97. The number of hydrogen-bond donors (Lipinski definition) is 1. The van der Waals surface area contributed by atoms with E-state index in [1.54, 1.807) is 0 Å². The standard InChI is InChI=1S/C14H22IN/c1-4-9-16-14(10-11(2)3)12-7-5-6-8-13(12)15/h5-8,11,14,16H,4,9-10H2,1-3H3. The molecule has 1 atom stereocenters. The average Bonchev–Trinajstić information content (AvgIpc) is 2.24.